The van der Waals surface area contributed by atoms with E-state index in [9.17, 15) is 45.1 Å². The third kappa shape index (κ3) is 57.3. The van der Waals surface area contributed by atoms with Gasteiger partial charge in [0.05, 0.1) is 58.5 Å². The number of rotatable bonds is 66. The van der Waals surface area contributed by atoms with E-state index in [1.165, 1.54) is 205 Å². The first-order valence-electron chi connectivity index (χ1n) is 40.1. The molecule has 0 atom stereocenters. The van der Waals surface area contributed by atoms with Crippen LogP contribution in [0.5, 0.6) is 0 Å². The Bertz CT molecular complexity index is 2540. The number of hydrogen-bond acceptors (Lipinski definition) is 14. The summed E-state index contributed by atoms with van der Waals surface area (Å²) in [6.07, 6.45) is 78.7. The first kappa shape index (κ1) is 97.4. The van der Waals surface area contributed by atoms with Gasteiger partial charge in [0.15, 0.2) is 0 Å². The Morgan fingerprint density at radius 2 is 0.436 bits per heavy atom. The van der Waals surface area contributed by atoms with Crippen molar-refractivity contribution in [3.05, 3.63) is 107 Å². The molecular formula is C84H138CaO14S2. The van der Waals surface area contributed by atoms with E-state index in [1.54, 1.807) is 0 Å². The summed E-state index contributed by atoms with van der Waals surface area (Å²) >= 11 is 0. The number of benzene rings is 2. The number of esters is 4. The summed E-state index contributed by atoms with van der Waals surface area (Å²) in [7, 11) is -9.62. The Kier molecular flexibility index (Phi) is 66.9. The summed E-state index contributed by atoms with van der Waals surface area (Å²) in [6, 6.07) is 6.25. The normalized spacial score (nSPS) is 11.8. The number of hydrogen-bond donors (Lipinski definition) is 0. The van der Waals surface area contributed by atoms with Crippen LogP contribution in [-0.4, -0.2) is 114 Å². The van der Waals surface area contributed by atoms with Crippen LogP contribution < -0.4 is 0 Å². The first-order valence-corrected chi connectivity index (χ1v) is 42.9. The Labute approximate surface area is 645 Å². The molecule has 0 fully saturated rings. The zero-order valence-electron chi connectivity index (χ0n) is 63.9. The van der Waals surface area contributed by atoms with Gasteiger partial charge in [-0.15, -0.1) is 0 Å². The predicted molar refractivity (Wildman–Crippen MR) is 415 cm³/mol. The third-order valence-corrected chi connectivity index (χ3v) is 19.7. The second-order valence-electron chi connectivity index (χ2n) is 27.1. The van der Waals surface area contributed by atoms with Gasteiger partial charge in [-0.2, -0.15) is 0 Å². The zero-order chi connectivity index (χ0) is 73.1. The minimum Gasteiger partial charge on any atom is -0.744 e. The Balaban J connectivity index is 0.00000196. The maximum absolute atomic E-state index is 12.9. The second kappa shape index (κ2) is 69.4. The molecule has 0 amide bonds. The molecule has 0 spiro atoms. The standard InChI is InChI=1S/2C42H70O7S.Ca/c2*1-3-5-7-9-11-13-15-17-19-21-23-25-27-29-31-35-48-41(43)39-34-33-38(50(45,46)47)37-40(39)42(44)49-36-32-30-28-26-24-22-20-18-16-14-12-10-8-6-4-2;/h2*5-8,33-34,37H,3-4,9-32,35-36H2,1-2H3,(H,45,46,47);/q;;+2/p-2/b2*7-5+,8-6+;. The summed E-state index contributed by atoms with van der Waals surface area (Å²) < 4.78 is 91.3. The molecule has 0 saturated heterocycles. The van der Waals surface area contributed by atoms with E-state index in [1.807, 2.05) is 0 Å². The Hall–Kier alpha value is -3.64. The molecule has 0 N–H and O–H groups in total. The van der Waals surface area contributed by atoms with Crippen LogP contribution in [0.1, 0.15) is 403 Å². The molecule has 2 aromatic rings. The second-order valence-corrected chi connectivity index (χ2v) is 29.9. The SMILES string of the molecule is CC/C=C/CCCCCCCCCCCCCOC(=O)c1ccc(S(=O)(=O)[O-])cc1C(=O)OCCCCCCCCCCCCC/C=C/CC.CC/C=C/CCCCCCCCCCCCCOC(=O)c1ccc(S(=O)(=O)[O-])cc1C(=O)OCCCCCCCCCCCCC/C=C/CC.[Ca+2]. The molecule has 2 rings (SSSR count). The quantitative estimate of drug-likeness (QED) is 0.0150. The average Bonchev–Trinajstić information content (AvgIpc) is 0.819. The van der Waals surface area contributed by atoms with Gasteiger partial charge in [-0.25, -0.2) is 36.0 Å². The van der Waals surface area contributed by atoms with Crippen LogP contribution in [0.4, 0.5) is 0 Å². The van der Waals surface area contributed by atoms with Gasteiger partial charge < -0.3 is 28.1 Å². The number of carbonyl (C=O) groups excluding carboxylic acids is 4. The van der Waals surface area contributed by atoms with Gasteiger partial charge >= 0.3 is 61.6 Å². The van der Waals surface area contributed by atoms with Gasteiger partial charge in [0.1, 0.15) is 20.2 Å². The van der Waals surface area contributed by atoms with E-state index >= 15 is 0 Å². The fraction of sp³-hybridized carbons (Fsp3) is 0.714. The molecule has 0 unspecified atom stereocenters. The van der Waals surface area contributed by atoms with Crippen molar-refractivity contribution in [2.75, 3.05) is 26.4 Å². The van der Waals surface area contributed by atoms with Crippen LogP contribution in [0.25, 0.3) is 0 Å². The van der Waals surface area contributed by atoms with E-state index in [2.05, 4.69) is 76.3 Å². The van der Waals surface area contributed by atoms with Gasteiger partial charge in [0, 0.05) is 0 Å². The molecule has 17 heteroatoms. The number of ether oxygens (including phenoxy) is 4. The van der Waals surface area contributed by atoms with E-state index in [0.717, 1.165) is 139 Å². The van der Waals surface area contributed by atoms with Crippen molar-refractivity contribution in [2.24, 2.45) is 0 Å². The molecule has 2 aromatic carbocycles. The fourth-order valence-corrected chi connectivity index (χ4v) is 13.0. The number of allylic oxidation sites excluding steroid dienone is 8. The first-order chi connectivity index (χ1) is 48.6. The molecule has 0 aliphatic carbocycles. The van der Waals surface area contributed by atoms with Crippen LogP contribution in [0.15, 0.2) is 94.8 Å². The molecular weight excluding hydrogens is 1340 g/mol. The van der Waals surface area contributed by atoms with Crippen molar-refractivity contribution < 1.29 is 64.1 Å². The maximum Gasteiger partial charge on any atom is 2.00 e. The van der Waals surface area contributed by atoms with Crippen LogP contribution >= 0.6 is 0 Å². The van der Waals surface area contributed by atoms with Crippen molar-refractivity contribution >= 4 is 81.9 Å². The van der Waals surface area contributed by atoms with Crippen molar-refractivity contribution in [1.29, 1.82) is 0 Å². The van der Waals surface area contributed by atoms with Gasteiger partial charge in [-0.05, 0) is 139 Å². The van der Waals surface area contributed by atoms with Crippen LogP contribution in [-0.2, 0) is 39.2 Å². The third-order valence-electron chi connectivity index (χ3n) is 18.0. The molecule has 101 heavy (non-hydrogen) atoms. The minimum atomic E-state index is -4.81. The minimum absolute atomic E-state index is 0. The number of unbranched alkanes of at least 4 members (excludes halogenated alkanes) is 44. The average molecular weight is 1480 g/mol. The topological polar surface area (TPSA) is 220 Å². The number of carbonyl (C=O) groups is 4. The Morgan fingerprint density at radius 3 is 0.614 bits per heavy atom. The largest absolute Gasteiger partial charge is 2.00 e. The zero-order valence-corrected chi connectivity index (χ0v) is 67.8. The molecule has 0 bridgehead atoms. The molecule has 14 nitrogen and oxygen atoms in total. The van der Waals surface area contributed by atoms with E-state index in [4.69, 9.17) is 18.9 Å². The van der Waals surface area contributed by atoms with Gasteiger partial charge in [0.25, 0.3) is 0 Å². The molecule has 572 valence electrons. The predicted octanol–water partition coefficient (Wildman–Crippen LogP) is 24.0. The summed E-state index contributed by atoms with van der Waals surface area (Å²) in [6.45, 7) is 9.40. The van der Waals surface area contributed by atoms with Crippen molar-refractivity contribution in [2.45, 2.75) is 371 Å². The molecule has 0 aliphatic rings. The maximum atomic E-state index is 12.9. The van der Waals surface area contributed by atoms with Crippen LogP contribution in [0.2, 0.25) is 0 Å². The van der Waals surface area contributed by atoms with Crippen molar-refractivity contribution in [3.63, 3.8) is 0 Å². The van der Waals surface area contributed by atoms with Crippen LogP contribution in [0.3, 0.4) is 0 Å². The fourth-order valence-electron chi connectivity index (χ4n) is 12.0. The van der Waals surface area contributed by atoms with Gasteiger partial charge in [0.2, 0.25) is 0 Å². The molecule has 0 radical (unpaired) electrons. The summed E-state index contributed by atoms with van der Waals surface area (Å²) in [5, 5.41) is 0. The van der Waals surface area contributed by atoms with Gasteiger partial charge in [-0.1, -0.05) is 307 Å². The molecule has 0 saturated carbocycles. The van der Waals surface area contributed by atoms with Crippen LogP contribution in [0, 0.1) is 0 Å². The summed E-state index contributed by atoms with van der Waals surface area (Å²) in [4.78, 5) is 50.3. The summed E-state index contributed by atoms with van der Waals surface area (Å²) in [5.74, 6) is -3.10. The Morgan fingerprint density at radius 1 is 0.267 bits per heavy atom. The molecule has 0 heterocycles. The molecule has 0 aliphatic heterocycles. The monoisotopic (exact) mass is 1470 g/mol. The van der Waals surface area contributed by atoms with Crippen molar-refractivity contribution in [1.82, 2.24) is 0 Å². The summed E-state index contributed by atoms with van der Waals surface area (Å²) in [5.41, 5.74) is -0.684. The smallest absolute Gasteiger partial charge is 0.744 e. The van der Waals surface area contributed by atoms with Gasteiger partial charge in [-0.3, -0.25) is 0 Å². The van der Waals surface area contributed by atoms with E-state index in [-0.39, 0.29) is 86.4 Å². The molecule has 0 aromatic heterocycles. The van der Waals surface area contributed by atoms with E-state index < -0.39 is 53.9 Å². The van der Waals surface area contributed by atoms with E-state index in [0.29, 0.717) is 25.7 Å². The van der Waals surface area contributed by atoms with Crippen molar-refractivity contribution in [3.8, 4) is 0 Å².